The molecule has 0 saturated heterocycles. The van der Waals surface area contributed by atoms with Gasteiger partial charge < -0.3 is 34.0 Å². The number of carbonyl (C=O) groups excluding carboxylic acids is 1. The first kappa shape index (κ1) is 34.3. The van der Waals surface area contributed by atoms with Crippen LogP contribution in [-0.4, -0.2) is 17.9 Å². The van der Waals surface area contributed by atoms with Crippen molar-refractivity contribution in [1.82, 2.24) is 5.32 Å². The van der Waals surface area contributed by atoms with Gasteiger partial charge in [0, 0.05) is 0 Å². The van der Waals surface area contributed by atoms with Crippen LogP contribution < -0.4 is 143 Å². The quantitative estimate of drug-likeness (QED) is 0.353. The molecule has 14 heteroatoms. The molecule has 1 unspecified atom stereocenters. The molecular formula is C9H15NNa4O7P2. The van der Waals surface area contributed by atoms with Gasteiger partial charge in [-0.15, -0.1) is 0 Å². The normalized spacial score (nSPS) is 16.5. The molecule has 0 aromatic heterocycles. The Labute approximate surface area is 224 Å². The third-order valence-corrected chi connectivity index (χ3v) is 4.99. The van der Waals surface area contributed by atoms with Gasteiger partial charge in [0.05, 0.1) is 11.9 Å². The summed E-state index contributed by atoms with van der Waals surface area (Å²) in [7, 11) is -10.2. The average molecular weight is 403 g/mol. The van der Waals surface area contributed by atoms with Crippen LogP contribution in [0.4, 0.5) is 0 Å². The van der Waals surface area contributed by atoms with E-state index in [-0.39, 0.29) is 118 Å². The predicted molar refractivity (Wildman–Crippen MR) is 58.6 cm³/mol. The Morgan fingerprint density at radius 1 is 0.957 bits per heavy atom. The Morgan fingerprint density at radius 2 is 1.39 bits per heavy atom. The van der Waals surface area contributed by atoms with Crippen molar-refractivity contribution in [1.29, 1.82) is 0 Å². The van der Waals surface area contributed by atoms with Crippen LogP contribution in [0.5, 0.6) is 0 Å². The number of hydrogen-bond donors (Lipinski definition) is 1. The summed E-state index contributed by atoms with van der Waals surface area (Å²) in [6.07, 6.45) is 2.04. The van der Waals surface area contributed by atoms with Gasteiger partial charge in [0.1, 0.15) is 0 Å². The third kappa shape index (κ3) is 15.4. The van der Waals surface area contributed by atoms with Crippen molar-refractivity contribution in [3.8, 4) is 0 Å². The van der Waals surface area contributed by atoms with Gasteiger partial charge in [0.25, 0.3) is 0 Å². The number of carbonyl (C=O) groups is 1. The molecule has 0 aromatic rings. The second kappa shape index (κ2) is 15.7. The Balaban J connectivity index is -0.000000451. The molecule has 1 atom stereocenters. The molecule has 23 heavy (non-hydrogen) atoms. The van der Waals surface area contributed by atoms with Gasteiger partial charge in [-0.25, -0.2) is 0 Å². The zero-order chi connectivity index (χ0) is 14.7. The second-order valence-corrected chi connectivity index (χ2v) is 7.89. The Bertz CT molecular complexity index is 424. The van der Waals surface area contributed by atoms with E-state index in [4.69, 9.17) is 0 Å². The molecule has 1 N–H and O–H groups in total. The maximum absolute atomic E-state index is 11.3. The van der Waals surface area contributed by atoms with E-state index in [1.165, 1.54) is 0 Å². The fraction of sp³-hybridized carbons (Fsp3) is 0.889. The van der Waals surface area contributed by atoms with E-state index < -0.39 is 39.0 Å². The van der Waals surface area contributed by atoms with Crippen LogP contribution in [-0.2, 0) is 13.9 Å². The topological polar surface area (TPSA) is 155 Å². The summed E-state index contributed by atoms with van der Waals surface area (Å²) in [5.41, 5.74) is 0. The number of hydrogen-bond acceptors (Lipinski definition) is 7. The van der Waals surface area contributed by atoms with E-state index in [1.807, 2.05) is 5.32 Å². The molecular weight excluding hydrogens is 388 g/mol. The fourth-order valence-corrected chi connectivity index (χ4v) is 3.85. The van der Waals surface area contributed by atoms with Crippen molar-refractivity contribution in [3.63, 3.8) is 0 Å². The van der Waals surface area contributed by atoms with Gasteiger partial charge in [-0.2, -0.15) is 0 Å². The monoisotopic (exact) mass is 403 g/mol. The minimum Gasteiger partial charge on any atom is -0.810 e. The SMILES string of the molecule is O=C(CP(=O)([O-])[O-])NC(C1CCCCC1)P(=O)([O-])[O-].[Na+].[Na+].[Na+].[Na+]. The van der Waals surface area contributed by atoms with Crippen LogP contribution in [0.15, 0.2) is 0 Å². The second-order valence-electron chi connectivity index (χ2n) is 4.72. The largest absolute Gasteiger partial charge is 1.00 e. The summed E-state index contributed by atoms with van der Waals surface area (Å²) in [5.74, 6) is -3.39. The Kier molecular flexibility index (Phi) is 23.4. The maximum atomic E-state index is 11.3. The summed E-state index contributed by atoms with van der Waals surface area (Å²) in [5, 5.41) is 1.88. The maximum Gasteiger partial charge on any atom is 1.00 e. The minimum atomic E-state index is -5.09. The van der Waals surface area contributed by atoms with E-state index in [2.05, 4.69) is 0 Å². The Hall–Kier alpha value is 3.77. The van der Waals surface area contributed by atoms with Gasteiger partial charge in [-0.3, -0.25) is 4.79 Å². The first-order chi connectivity index (χ1) is 8.59. The minimum absolute atomic E-state index is 0. The number of nitrogens with one attached hydrogen (secondary N) is 1. The summed E-state index contributed by atoms with van der Waals surface area (Å²) in [6, 6.07) is 0. The van der Waals surface area contributed by atoms with Crippen LogP contribution in [0.1, 0.15) is 32.1 Å². The van der Waals surface area contributed by atoms with E-state index in [1.54, 1.807) is 0 Å². The van der Waals surface area contributed by atoms with E-state index in [0.717, 1.165) is 19.3 Å². The smallest absolute Gasteiger partial charge is 0.810 e. The standard InChI is InChI=1S/C9H19NO7P2.4Na/c11-8(6-18(12,13)14)10-9(19(15,16)17)7-4-2-1-3-5-7;;;;/h7,9H,1-6H2,(H,10,11)(H2,12,13,14)(H2,15,16,17);;;;/q;4*+1/p-4. The number of rotatable bonds is 5. The molecule has 0 radical (unpaired) electrons. The van der Waals surface area contributed by atoms with Crippen molar-refractivity contribution in [3.05, 3.63) is 0 Å². The molecule has 1 amide bonds. The molecule has 1 saturated carbocycles. The molecule has 112 valence electrons. The molecule has 0 aliphatic heterocycles. The van der Waals surface area contributed by atoms with E-state index >= 15 is 0 Å². The van der Waals surface area contributed by atoms with Crippen molar-refractivity contribution >= 4 is 21.1 Å². The van der Waals surface area contributed by atoms with E-state index in [9.17, 15) is 33.5 Å². The van der Waals surface area contributed by atoms with Crippen LogP contribution in [0.25, 0.3) is 0 Å². The molecule has 1 aliphatic rings. The van der Waals surface area contributed by atoms with Gasteiger partial charge in [-0.1, -0.05) is 26.9 Å². The fourth-order valence-electron chi connectivity index (χ4n) is 2.29. The summed E-state index contributed by atoms with van der Waals surface area (Å²) >= 11 is 0. The average Bonchev–Trinajstić information content (AvgIpc) is 2.23. The Morgan fingerprint density at radius 3 is 1.74 bits per heavy atom. The molecule has 1 rings (SSSR count). The predicted octanol–water partition coefficient (Wildman–Crippen LogP) is -14.1. The van der Waals surface area contributed by atoms with Crippen LogP contribution >= 0.6 is 15.2 Å². The molecule has 0 heterocycles. The summed E-state index contributed by atoms with van der Waals surface area (Å²) < 4.78 is 21.6. The molecule has 8 nitrogen and oxygen atoms in total. The van der Waals surface area contributed by atoms with Gasteiger partial charge in [-0.05, 0) is 26.4 Å². The number of amides is 1. The van der Waals surface area contributed by atoms with Crippen molar-refractivity contribution < 1.29 is 152 Å². The van der Waals surface area contributed by atoms with Crippen molar-refractivity contribution in [2.75, 3.05) is 6.16 Å². The van der Waals surface area contributed by atoms with E-state index in [0.29, 0.717) is 12.8 Å². The first-order valence-electron chi connectivity index (χ1n) is 5.92. The van der Waals surface area contributed by atoms with Gasteiger partial charge in [0.15, 0.2) is 0 Å². The van der Waals surface area contributed by atoms with Crippen LogP contribution in [0.3, 0.4) is 0 Å². The van der Waals surface area contributed by atoms with Crippen molar-refractivity contribution in [2.45, 2.75) is 37.9 Å². The third-order valence-electron chi connectivity index (χ3n) is 3.08. The van der Waals surface area contributed by atoms with Gasteiger partial charge >= 0.3 is 118 Å². The summed E-state index contributed by atoms with van der Waals surface area (Å²) in [4.78, 5) is 54.5. The zero-order valence-electron chi connectivity index (χ0n) is 14.1. The van der Waals surface area contributed by atoms with Crippen LogP contribution in [0, 0.1) is 5.92 Å². The van der Waals surface area contributed by atoms with Crippen LogP contribution in [0.2, 0.25) is 0 Å². The van der Waals surface area contributed by atoms with Crippen molar-refractivity contribution in [2.24, 2.45) is 5.92 Å². The molecule has 0 aromatic carbocycles. The zero-order valence-corrected chi connectivity index (χ0v) is 23.9. The molecule has 0 spiro atoms. The molecule has 0 bridgehead atoms. The van der Waals surface area contributed by atoms with Gasteiger partial charge in [0.2, 0.25) is 5.91 Å². The summed E-state index contributed by atoms with van der Waals surface area (Å²) in [6.45, 7) is 0. The molecule has 1 fully saturated rings. The molecule has 1 aliphatic carbocycles. The first-order valence-corrected chi connectivity index (χ1v) is 9.26.